The van der Waals surface area contributed by atoms with Crippen molar-refractivity contribution < 1.29 is 9.90 Å². The van der Waals surface area contributed by atoms with Crippen molar-refractivity contribution in [2.45, 2.75) is 13.0 Å². The highest BCUT2D eigenvalue weighted by atomic mass is 79.9. The molecule has 0 aliphatic carbocycles. The zero-order chi connectivity index (χ0) is 12.0. The van der Waals surface area contributed by atoms with Crippen LogP contribution in [-0.4, -0.2) is 23.7 Å². The van der Waals surface area contributed by atoms with Crippen molar-refractivity contribution in [1.29, 1.82) is 0 Å². The molecule has 86 valence electrons. The lowest BCUT2D eigenvalue weighted by atomic mass is 10.2. The number of amides is 1. The third kappa shape index (κ3) is 5.09. The summed E-state index contributed by atoms with van der Waals surface area (Å²) >= 11 is 3.34. The first-order valence-corrected chi connectivity index (χ1v) is 5.77. The van der Waals surface area contributed by atoms with Crippen molar-refractivity contribution in [3.63, 3.8) is 0 Å². The highest BCUT2D eigenvalue weighted by molar-refractivity contribution is 9.10. The van der Waals surface area contributed by atoms with Crippen LogP contribution in [0.1, 0.15) is 12.5 Å². The van der Waals surface area contributed by atoms with Crippen LogP contribution in [0.4, 0.5) is 0 Å². The Kier molecular flexibility index (Phi) is 5.22. The molecule has 0 aromatic heterocycles. The standard InChI is InChI=1S/C12H14BrNO2/c1-9(15)8-14-12(16)7-4-10-2-5-11(13)6-3-10/h2-7,9,15H,8H2,1H3,(H,14,16)/b7-4+. The topological polar surface area (TPSA) is 49.3 Å². The van der Waals surface area contributed by atoms with Gasteiger partial charge in [-0.2, -0.15) is 0 Å². The van der Waals surface area contributed by atoms with Gasteiger partial charge in [-0.25, -0.2) is 0 Å². The highest BCUT2D eigenvalue weighted by Crippen LogP contribution is 2.11. The van der Waals surface area contributed by atoms with E-state index >= 15 is 0 Å². The zero-order valence-corrected chi connectivity index (χ0v) is 10.6. The van der Waals surface area contributed by atoms with E-state index in [1.54, 1.807) is 13.0 Å². The van der Waals surface area contributed by atoms with E-state index < -0.39 is 6.10 Å². The normalized spacial score (nSPS) is 12.7. The van der Waals surface area contributed by atoms with Gasteiger partial charge in [0.1, 0.15) is 0 Å². The Morgan fingerprint density at radius 3 is 2.69 bits per heavy atom. The second-order valence-electron chi connectivity index (χ2n) is 3.48. The number of carbonyl (C=O) groups excluding carboxylic acids is 1. The maximum absolute atomic E-state index is 11.3. The maximum Gasteiger partial charge on any atom is 0.244 e. The van der Waals surface area contributed by atoms with Gasteiger partial charge in [-0.1, -0.05) is 28.1 Å². The van der Waals surface area contributed by atoms with Crippen molar-refractivity contribution in [2.75, 3.05) is 6.54 Å². The molecule has 0 radical (unpaired) electrons. The molecule has 16 heavy (non-hydrogen) atoms. The van der Waals surface area contributed by atoms with Crippen molar-refractivity contribution >= 4 is 27.9 Å². The molecule has 4 heteroatoms. The molecular formula is C12H14BrNO2. The Hall–Kier alpha value is -1.13. The predicted molar refractivity (Wildman–Crippen MR) is 67.9 cm³/mol. The second-order valence-corrected chi connectivity index (χ2v) is 4.39. The van der Waals surface area contributed by atoms with Gasteiger partial charge in [-0.3, -0.25) is 4.79 Å². The first kappa shape index (κ1) is 12.9. The molecule has 0 aliphatic heterocycles. The predicted octanol–water partition coefficient (Wildman–Crippen LogP) is 1.96. The first-order valence-electron chi connectivity index (χ1n) is 4.97. The van der Waals surface area contributed by atoms with E-state index in [0.717, 1.165) is 10.0 Å². The number of halogens is 1. The maximum atomic E-state index is 11.3. The quantitative estimate of drug-likeness (QED) is 0.830. The molecule has 0 bridgehead atoms. The van der Waals surface area contributed by atoms with Crippen molar-refractivity contribution in [3.05, 3.63) is 40.4 Å². The summed E-state index contributed by atoms with van der Waals surface area (Å²) in [6, 6.07) is 7.63. The van der Waals surface area contributed by atoms with Crippen LogP contribution < -0.4 is 5.32 Å². The number of benzene rings is 1. The summed E-state index contributed by atoms with van der Waals surface area (Å²) in [4.78, 5) is 11.3. The van der Waals surface area contributed by atoms with Crippen molar-refractivity contribution in [1.82, 2.24) is 5.32 Å². The molecule has 1 aromatic carbocycles. The molecule has 3 nitrogen and oxygen atoms in total. The Morgan fingerprint density at radius 2 is 2.12 bits per heavy atom. The number of aliphatic hydroxyl groups is 1. The van der Waals surface area contributed by atoms with E-state index in [4.69, 9.17) is 5.11 Å². The van der Waals surface area contributed by atoms with Crippen LogP contribution in [0.2, 0.25) is 0 Å². The minimum atomic E-state index is -0.523. The number of hydrogen-bond donors (Lipinski definition) is 2. The fraction of sp³-hybridized carbons (Fsp3) is 0.250. The van der Waals surface area contributed by atoms with Crippen LogP contribution >= 0.6 is 15.9 Å². The third-order valence-electron chi connectivity index (χ3n) is 1.87. The van der Waals surface area contributed by atoms with Gasteiger partial charge in [0.15, 0.2) is 0 Å². The van der Waals surface area contributed by atoms with Gasteiger partial charge in [0.2, 0.25) is 5.91 Å². The second kappa shape index (κ2) is 6.45. The monoisotopic (exact) mass is 283 g/mol. The highest BCUT2D eigenvalue weighted by Gasteiger charge is 1.98. The molecule has 2 N–H and O–H groups in total. The van der Waals surface area contributed by atoms with Crippen molar-refractivity contribution in [3.8, 4) is 0 Å². The zero-order valence-electron chi connectivity index (χ0n) is 8.98. The average Bonchev–Trinajstić information content (AvgIpc) is 2.25. The molecule has 0 aliphatic rings. The lowest BCUT2D eigenvalue weighted by Gasteiger charge is -2.03. The molecular weight excluding hydrogens is 270 g/mol. The largest absolute Gasteiger partial charge is 0.392 e. The molecule has 1 amide bonds. The van der Waals surface area contributed by atoms with Gasteiger partial charge in [0, 0.05) is 17.1 Å². The molecule has 1 atom stereocenters. The van der Waals surface area contributed by atoms with Gasteiger partial charge in [0.25, 0.3) is 0 Å². The van der Waals surface area contributed by atoms with Gasteiger partial charge < -0.3 is 10.4 Å². The van der Waals surface area contributed by atoms with E-state index in [-0.39, 0.29) is 12.5 Å². The molecule has 0 heterocycles. The van der Waals surface area contributed by atoms with Gasteiger partial charge >= 0.3 is 0 Å². The third-order valence-corrected chi connectivity index (χ3v) is 2.40. The molecule has 0 fully saturated rings. The number of nitrogens with one attached hydrogen (secondary N) is 1. The Bertz CT molecular complexity index is 371. The fourth-order valence-electron chi connectivity index (χ4n) is 1.05. The summed E-state index contributed by atoms with van der Waals surface area (Å²) in [6.45, 7) is 1.89. The van der Waals surface area contributed by atoms with E-state index in [2.05, 4.69) is 21.2 Å². The number of carbonyl (C=O) groups is 1. The van der Waals surface area contributed by atoms with Crippen LogP contribution in [0.25, 0.3) is 6.08 Å². The number of rotatable bonds is 4. The van der Waals surface area contributed by atoms with E-state index in [9.17, 15) is 4.79 Å². The minimum absolute atomic E-state index is 0.205. The summed E-state index contributed by atoms with van der Waals surface area (Å²) in [5, 5.41) is 11.6. The molecule has 0 spiro atoms. The smallest absolute Gasteiger partial charge is 0.244 e. The van der Waals surface area contributed by atoms with Crippen LogP contribution in [-0.2, 0) is 4.79 Å². The molecule has 1 unspecified atom stereocenters. The lowest BCUT2D eigenvalue weighted by Crippen LogP contribution is -2.28. The Morgan fingerprint density at radius 1 is 1.50 bits per heavy atom. The van der Waals surface area contributed by atoms with Gasteiger partial charge in [-0.15, -0.1) is 0 Å². The van der Waals surface area contributed by atoms with E-state index in [1.807, 2.05) is 24.3 Å². The first-order chi connectivity index (χ1) is 7.58. The molecule has 0 saturated heterocycles. The summed E-state index contributed by atoms with van der Waals surface area (Å²) < 4.78 is 1.00. The average molecular weight is 284 g/mol. The Balaban J connectivity index is 2.47. The lowest BCUT2D eigenvalue weighted by molar-refractivity contribution is -0.116. The SMILES string of the molecule is CC(O)CNC(=O)/C=C/c1ccc(Br)cc1. The van der Waals surface area contributed by atoms with E-state index in [0.29, 0.717) is 0 Å². The number of aliphatic hydroxyl groups excluding tert-OH is 1. The summed E-state index contributed by atoms with van der Waals surface area (Å²) in [5.74, 6) is -0.205. The van der Waals surface area contributed by atoms with Crippen LogP contribution in [0, 0.1) is 0 Å². The molecule has 1 rings (SSSR count). The van der Waals surface area contributed by atoms with Gasteiger partial charge in [0.05, 0.1) is 6.10 Å². The van der Waals surface area contributed by atoms with Crippen LogP contribution in [0.3, 0.4) is 0 Å². The summed E-state index contributed by atoms with van der Waals surface area (Å²) in [6.07, 6.45) is 2.65. The minimum Gasteiger partial charge on any atom is -0.392 e. The Labute approximate surface area is 103 Å². The van der Waals surface area contributed by atoms with Crippen LogP contribution in [0.15, 0.2) is 34.8 Å². The van der Waals surface area contributed by atoms with E-state index in [1.165, 1.54) is 6.08 Å². The van der Waals surface area contributed by atoms with Crippen molar-refractivity contribution in [2.24, 2.45) is 0 Å². The van der Waals surface area contributed by atoms with Gasteiger partial charge in [-0.05, 0) is 30.7 Å². The summed E-state index contributed by atoms with van der Waals surface area (Å²) in [5.41, 5.74) is 0.954. The summed E-state index contributed by atoms with van der Waals surface area (Å²) in [7, 11) is 0. The molecule has 0 saturated carbocycles. The number of hydrogen-bond acceptors (Lipinski definition) is 2. The fourth-order valence-corrected chi connectivity index (χ4v) is 1.32. The van der Waals surface area contributed by atoms with Crippen LogP contribution in [0.5, 0.6) is 0 Å². The molecule has 1 aromatic rings.